The number of benzene rings is 1. The van der Waals surface area contributed by atoms with E-state index in [2.05, 4.69) is 52.4 Å². The van der Waals surface area contributed by atoms with E-state index in [1.165, 1.54) is 11.3 Å². The van der Waals surface area contributed by atoms with E-state index < -0.39 is 0 Å². The van der Waals surface area contributed by atoms with E-state index in [-0.39, 0.29) is 0 Å². The number of halogens is 1. The van der Waals surface area contributed by atoms with Crippen molar-refractivity contribution >= 4 is 27.7 Å². The van der Waals surface area contributed by atoms with Crippen LogP contribution >= 0.6 is 27.7 Å². The molecule has 0 saturated heterocycles. The summed E-state index contributed by atoms with van der Waals surface area (Å²) in [7, 11) is 2.02. The van der Waals surface area contributed by atoms with Crippen LogP contribution in [-0.4, -0.2) is 18.8 Å². The molecule has 1 unspecified atom stereocenters. The van der Waals surface area contributed by atoms with Gasteiger partial charge in [-0.15, -0.1) is 11.8 Å². The van der Waals surface area contributed by atoms with Gasteiger partial charge in [0.05, 0.1) is 0 Å². The Morgan fingerprint density at radius 2 is 2.29 bits per heavy atom. The summed E-state index contributed by atoms with van der Waals surface area (Å²) >= 11 is 5.37. The Morgan fingerprint density at radius 3 is 2.86 bits per heavy atom. The van der Waals surface area contributed by atoms with Crippen LogP contribution in [0.3, 0.4) is 0 Å². The van der Waals surface area contributed by atoms with Crippen molar-refractivity contribution < 1.29 is 0 Å². The Morgan fingerprint density at radius 1 is 1.50 bits per heavy atom. The van der Waals surface area contributed by atoms with Crippen LogP contribution in [0.4, 0.5) is 0 Å². The lowest BCUT2D eigenvalue weighted by atomic mass is 10.3. The first-order valence-corrected chi connectivity index (χ1v) is 6.59. The molecule has 0 bridgehead atoms. The van der Waals surface area contributed by atoms with Crippen LogP contribution in [0, 0.1) is 0 Å². The second-order valence-electron chi connectivity index (χ2n) is 3.16. The van der Waals surface area contributed by atoms with Crippen molar-refractivity contribution in [2.24, 2.45) is 0 Å². The third kappa shape index (κ3) is 4.03. The van der Waals surface area contributed by atoms with Crippen LogP contribution < -0.4 is 5.32 Å². The molecular weight excluding hydrogens is 258 g/mol. The molecule has 0 fully saturated rings. The number of hydrogen-bond acceptors (Lipinski definition) is 2. The summed E-state index contributed by atoms with van der Waals surface area (Å²) < 4.78 is 1.15. The summed E-state index contributed by atoms with van der Waals surface area (Å²) in [4.78, 5) is 1.33. The zero-order chi connectivity index (χ0) is 10.4. The molecule has 0 aliphatic carbocycles. The Hall–Kier alpha value is 0.01000. The molecule has 1 rings (SSSR count). The fraction of sp³-hybridized carbons (Fsp3) is 0.455. The van der Waals surface area contributed by atoms with Crippen molar-refractivity contribution in [2.45, 2.75) is 24.3 Å². The van der Waals surface area contributed by atoms with Crippen LogP contribution in [0.2, 0.25) is 0 Å². The summed E-state index contributed by atoms with van der Waals surface area (Å²) in [5, 5.41) is 3.30. The highest BCUT2D eigenvalue weighted by Gasteiger charge is 2.03. The molecule has 0 aliphatic heterocycles. The van der Waals surface area contributed by atoms with Gasteiger partial charge in [0.25, 0.3) is 0 Å². The SMILES string of the molecule is CCC(CSc1cccc(Br)c1)NC. The molecule has 0 saturated carbocycles. The molecule has 78 valence electrons. The van der Waals surface area contributed by atoms with E-state index in [4.69, 9.17) is 0 Å². The zero-order valence-electron chi connectivity index (χ0n) is 8.59. The molecule has 0 radical (unpaired) electrons. The smallest absolute Gasteiger partial charge is 0.0186 e. The van der Waals surface area contributed by atoms with E-state index in [0.29, 0.717) is 6.04 Å². The monoisotopic (exact) mass is 273 g/mol. The molecule has 14 heavy (non-hydrogen) atoms. The number of thioether (sulfide) groups is 1. The lowest BCUT2D eigenvalue weighted by Gasteiger charge is -2.12. The minimum atomic E-state index is 0.610. The van der Waals surface area contributed by atoms with Crippen LogP contribution in [0.25, 0.3) is 0 Å². The summed E-state index contributed by atoms with van der Waals surface area (Å²) in [6.45, 7) is 2.21. The minimum absolute atomic E-state index is 0.610. The summed E-state index contributed by atoms with van der Waals surface area (Å²) in [5.74, 6) is 1.13. The quantitative estimate of drug-likeness (QED) is 0.824. The predicted molar refractivity (Wildman–Crippen MR) is 68.0 cm³/mol. The number of nitrogens with one attached hydrogen (secondary N) is 1. The molecule has 1 aromatic rings. The average molecular weight is 274 g/mol. The van der Waals surface area contributed by atoms with E-state index in [1.54, 1.807) is 0 Å². The Balaban J connectivity index is 2.44. The van der Waals surface area contributed by atoms with Gasteiger partial charge in [0, 0.05) is 21.2 Å². The molecule has 1 nitrogen and oxygen atoms in total. The largest absolute Gasteiger partial charge is 0.316 e. The molecule has 3 heteroatoms. The minimum Gasteiger partial charge on any atom is -0.316 e. The van der Waals surface area contributed by atoms with Crippen molar-refractivity contribution in [3.8, 4) is 0 Å². The Bertz CT molecular complexity index is 274. The normalized spacial score (nSPS) is 12.8. The van der Waals surface area contributed by atoms with Gasteiger partial charge in [-0.05, 0) is 31.7 Å². The topological polar surface area (TPSA) is 12.0 Å². The second-order valence-corrected chi connectivity index (χ2v) is 5.17. The molecular formula is C11H16BrNS. The van der Waals surface area contributed by atoms with Crippen molar-refractivity contribution in [3.05, 3.63) is 28.7 Å². The van der Waals surface area contributed by atoms with Crippen LogP contribution in [0.1, 0.15) is 13.3 Å². The van der Waals surface area contributed by atoms with Gasteiger partial charge in [0.15, 0.2) is 0 Å². The third-order valence-corrected chi connectivity index (χ3v) is 3.80. The molecule has 0 aromatic heterocycles. The summed E-state index contributed by atoms with van der Waals surface area (Å²) in [6, 6.07) is 9.05. The maximum absolute atomic E-state index is 3.47. The van der Waals surface area contributed by atoms with Crippen LogP contribution in [-0.2, 0) is 0 Å². The van der Waals surface area contributed by atoms with Gasteiger partial charge in [-0.2, -0.15) is 0 Å². The van der Waals surface area contributed by atoms with Gasteiger partial charge in [-0.3, -0.25) is 0 Å². The van der Waals surface area contributed by atoms with Crippen molar-refractivity contribution in [2.75, 3.05) is 12.8 Å². The van der Waals surface area contributed by atoms with Gasteiger partial charge in [-0.1, -0.05) is 28.9 Å². The van der Waals surface area contributed by atoms with Crippen molar-refractivity contribution in [3.63, 3.8) is 0 Å². The lowest BCUT2D eigenvalue weighted by Crippen LogP contribution is -2.26. The Labute approximate surface area is 98.8 Å². The highest BCUT2D eigenvalue weighted by atomic mass is 79.9. The molecule has 1 N–H and O–H groups in total. The average Bonchev–Trinajstić information content (AvgIpc) is 2.19. The van der Waals surface area contributed by atoms with Crippen LogP contribution in [0.5, 0.6) is 0 Å². The highest BCUT2D eigenvalue weighted by molar-refractivity contribution is 9.10. The zero-order valence-corrected chi connectivity index (χ0v) is 11.0. The summed E-state index contributed by atoms with van der Waals surface area (Å²) in [5.41, 5.74) is 0. The highest BCUT2D eigenvalue weighted by Crippen LogP contribution is 2.22. The first kappa shape index (κ1) is 12.1. The van der Waals surface area contributed by atoms with Gasteiger partial charge >= 0.3 is 0 Å². The molecule has 0 heterocycles. The van der Waals surface area contributed by atoms with Gasteiger partial charge in [0.2, 0.25) is 0 Å². The van der Waals surface area contributed by atoms with Crippen molar-refractivity contribution in [1.29, 1.82) is 0 Å². The first-order valence-electron chi connectivity index (χ1n) is 4.82. The standard InChI is InChI=1S/C11H16BrNS/c1-3-10(13-2)8-14-11-6-4-5-9(12)7-11/h4-7,10,13H,3,8H2,1-2H3. The lowest BCUT2D eigenvalue weighted by molar-refractivity contribution is 0.602. The molecule has 1 atom stereocenters. The maximum Gasteiger partial charge on any atom is 0.0186 e. The Kier molecular flexibility index (Phi) is 5.60. The van der Waals surface area contributed by atoms with Crippen molar-refractivity contribution in [1.82, 2.24) is 5.32 Å². The molecule has 0 aliphatic rings. The molecule has 0 amide bonds. The predicted octanol–water partition coefficient (Wildman–Crippen LogP) is 3.54. The second kappa shape index (κ2) is 6.49. The van der Waals surface area contributed by atoms with E-state index in [1.807, 2.05) is 18.8 Å². The molecule has 1 aromatic carbocycles. The third-order valence-electron chi connectivity index (χ3n) is 2.15. The van der Waals surface area contributed by atoms with Crippen LogP contribution in [0.15, 0.2) is 33.6 Å². The molecule has 0 spiro atoms. The fourth-order valence-electron chi connectivity index (χ4n) is 1.16. The maximum atomic E-state index is 3.47. The number of hydrogen-bond donors (Lipinski definition) is 1. The van der Waals surface area contributed by atoms with Gasteiger partial charge in [-0.25, -0.2) is 0 Å². The fourth-order valence-corrected chi connectivity index (χ4v) is 2.89. The van der Waals surface area contributed by atoms with Gasteiger partial charge < -0.3 is 5.32 Å². The van der Waals surface area contributed by atoms with E-state index >= 15 is 0 Å². The van der Waals surface area contributed by atoms with Gasteiger partial charge in [0.1, 0.15) is 0 Å². The first-order chi connectivity index (χ1) is 6.76. The van der Waals surface area contributed by atoms with E-state index in [0.717, 1.165) is 10.2 Å². The number of rotatable bonds is 5. The summed E-state index contributed by atoms with van der Waals surface area (Å²) in [6.07, 6.45) is 1.18. The van der Waals surface area contributed by atoms with E-state index in [9.17, 15) is 0 Å².